The van der Waals surface area contributed by atoms with E-state index in [1.165, 1.54) is 6.42 Å². The van der Waals surface area contributed by atoms with Crippen molar-refractivity contribution in [2.75, 3.05) is 6.61 Å². The smallest absolute Gasteiger partial charge is 0.265 e. The molecular formula is C28H31N5O2. The van der Waals surface area contributed by atoms with Crippen LogP contribution in [0, 0.1) is 0 Å². The molecule has 0 aliphatic heterocycles. The average Bonchev–Trinajstić information content (AvgIpc) is 3.19. The molecule has 0 saturated heterocycles. The summed E-state index contributed by atoms with van der Waals surface area (Å²) in [5.41, 5.74) is 4.21. The van der Waals surface area contributed by atoms with Gasteiger partial charge in [-0.15, -0.1) is 0 Å². The molecule has 5 aromatic rings. The molecule has 5 rings (SSSR count). The number of aryl methyl sites for hydroxylation is 1. The van der Waals surface area contributed by atoms with E-state index >= 15 is 0 Å². The minimum absolute atomic E-state index is 0.0392. The maximum absolute atomic E-state index is 13.9. The van der Waals surface area contributed by atoms with Gasteiger partial charge in [0.15, 0.2) is 11.3 Å². The lowest BCUT2D eigenvalue weighted by atomic mass is 10.2. The monoisotopic (exact) mass is 469 g/mol. The fourth-order valence-corrected chi connectivity index (χ4v) is 4.67. The van der Waals surface area contributed by atoms with Gasteiger partial charge in [-0.2, -0.15) is 0 Å². The standard InChI is InChI=1S/C28H31N5O2/c1-4-7-8-11-18-32-23(5-2)31-26-24(28(32)34)25-27(30-22-13-10-9-12-21(22)29-25)33(26)19-14-16-20(17-15-19)35-6-3/h9-10,12-17H,4-8,11,18H2,1-3H3. The van der Waals surface area contributed by atoms with E-state index in [-0.39, 0.29) is 5.56 Å². The Labute approximate surface area is 204 Å². The van der Waals surface area contributed by atoms with Crippen molar-refractivity contribution in [2.24, 2.45) is 0 Å². The Morgan fingerprint density at radius 1 is 0.829 bits per heavy atom. The van der Waals surface area contributed by atoms with Gasteiger partial charge in [0.1, 0.15) is 22.5 Å². The minimum Gasteiger partial charge on any atom is -0.494 e. The summed E-state index contributed by atoms with van der Waals surface area (Å²) in [7, 11) is 0. The third kappa shape index (κ3) is 4.16. The number of aromatic nitrogens is 5. The highest BCUT2D eigenvalue weighted by atomic mass is 16.5. The summed E-state index contributed by atoms with van der Waals surface area (Å²) in [5, 5.41) is 0.528. The topological polar surface area (TPSA) is 74.8 Å². The summed E-state index contributed by atoms with van der Waals surface area (Å²) in [6.07, 6.45) is 5.06. The van der Waals surface area contributed by atoms with E-state index in [1.807, 2.05) is 71.5 Å². The van der Waals surface area contributed by atoms with Crippen LogP contribution in [0.25, 0.3) is 38.9 Å². The van der Waals surface area contributed by atoms with Gasteiger partial charge in [-0.05, 0) is 49.7 Å². The molecule has 0 bridgehead atoms. The molecule has 0 spiro atoms. The summed E-state index contributed by atoms with van der Waals surface area (Å²) in [6.45, 7) is 7.47. The van der Waals surface area contributed by atoms with Gasteiger partial charge in [0.05, 0.1) is 17.6 Å². The van der Waals surface area contributed by atoms with Crippen LogP contribution < -0.4 is 10.3 Å². The Kier molecular flexibility index (Phi) is 6.49. The molecule has 3 aromatic heterocycles. The van der Waals surface area contributed by atoms with Crippen LogP contribution >= 0.6 is 0 Å². The fraction of sp³-hybridized carbons (Fsp3) is 0.357. The van der Waals surface area contributed by atoms with Crippen molar-refractivity contribution >= 4 is 33.2 Å². The first-order valence-corrected chi connectivity index (χ1v) is 12.6. The lowest BCUT2D eigenvalue weighted by molar-refractivity contribution is 0.340. The molecule has 0 radical (unpaired) electrons. The number of nitrogens with zero attached hydrogens (tertiary/aromatic N) is 5. The molecule has 35 heavy (non-hydrogen) atoms. The normalized spacial score (nSPS) is 11.6. The highest BCUT2D eigenvalue weighted by Gasteiger charge is 2.22. The highest BCUT2D eigenvalue weighted by Crippen LogP contribution is 2.29. The number of hydrogen-bond acceptors (Lipinski definition) is 5. The molecule has 0 aliphatic carbocycles. The van der Waals surface area contributed by atoms with Crippen LogP contribution in [0.1, 0.15) is 52.3 Å². The van der Waals surface area contributed by atoms with Gasteiger partial charge in [0.2, 0.25) is 0 Å². The molecule has 3 heterocycles. The first-order chi connectivity index (χ1) is 17.2. The number of unbranched alkanes of at least 4 members (excludes halogenated alkanes) is 3. The Balaban J connectivity index is 1.80. The van der Waals surface area contributed by atoms with Crippen molar-refractivity contribution in [3.8, 4) is 11.4 Å². The second kappa shape index (κ2) is 9.86. The Morgan fingerprint density at radius 3 is 2.26 bits per heavy atom. The molecule has 0 atom stereocenters. The van der Waals surface area contributed by atoms with Gasteiger partial charge in [-0.1, -0.05) is 45.2 Å². The van der Waals surface area contributed by atoms with Gasteiger partial charge < -0.3 is 4.74 Å². The number of benzene rings is 2. The third-order valence-corrected chi connectivity index (χ3v) is 6.40. The van der Waals surface area contributed by atoms with Crippen molar-refractivity contribution in [1.29, 1.82) is 0 Å². The van der Waals surface area contributed by atoms with E-state index in [9.17, 15) is 4.79 Å². The zero-order valence-electron chi connectivity index (χ0n) is 20.6. The summed E-state index contributed by atoms with van der Waals surface area (Å²) in [5.74, 6) is 1.59. The van der Waals surface area contributed by atoms with Crippen molar-refractivity contribution in [1.82, 2.24) is 24.1 Å². The SMILES string of the molecule is CCCCCCn1c(CC)nc2c(c1=O)c1nc3ccccc3nc1n2-c1ccc(OCC)cc1. The molecule has 0 amide bonds. The molecule has 7 heteroatoms. The number of ether oxygens (including phenoxy) is 1. The Hall–Kier alpha value is -3.74. The van der Waals surface area contributed by atoms with Gasteiger partial charge in [-0.3, -0.25) is 13.9 Å². The van der Waals surface area contributed by atoms with Crippen molar-refractivity contribution in [2.45, 2.75) is 59.4 Å². The van der Waals surface area contributed by atoms with Crippen LogP contribution in [0.2, 0.25) is 0 Å². The van der Waals surface area contributed by atoms with Gasteiger partial charge >= 0.3 is 0 Å². The largest absolute Gasteiger partial charge is 0.494 e. The highest BCUT2D eigenvalue weighted by molar-refractivity contribution is 6.05. The molecular weight excluding hydrogens is 438 g/mol. The molecule has 0 N–H and O–H groups in total. The lowest BCUT2D eigenvalue weighted by Crippen LogP contribution is -2.25. The predicted octanol–water partition coefficient (Wildman–Crippen LogP) is 5.83. The second-order valence-electron chi connectivity index (χ2n) is 8.74. The van der Waals surface area contributed by atoms with E-state index in [0.29, 0.717) is 41.8 Å². The van der Waals surface area contributed by atoms with E-state index in [2.05, 4.69) is 6.92 Å². The number of para-hydroxylation sites is 2. The molecule has 7 nitrogen and oxygen atoms in total. The van der Waals surface area contributed by atoms with Gasteiger partial charge in [0, 0.05) is 18.7 Å². The number of rotatable bonds is 9. The van der Waals surface area contributed by atoms with E-state index in [1.54, 1.807) is 0 Å². The average molecular weight is 470 g/mol. The first kappa shape index (κ1) is 23.0. The van der Waals surface area contributed by atoms with Crippen LogP contribution in [0.15, 0.2) is 53.3 Å². The molecule has 2 aromatic carbocycles. The number of hydrogen-bond donors (Lipinski definition) is 0. The summed E-state index contributed by atoms with van der Waals surface area (Å²) < 4.78 is 9.44. The van der Waals surface area contributed by atoms with E-state index in [0.717, 1.165) is 47.6 Å². The van der Waals surface area contributed by atoms with Gasteiger partial charge in [0.25, 0.3) is 5.56 Å². The summed E-state index contributed by atoms with van der Waals surface area (Å²) >= 11 is 0. The summed E-state index contributed by atoms with van der Waals surface area (Å²) in [6, 6.07) is 15.6. The van der Waals surface area contributed by atoms with Crippen LogP contribution in [0.4, 0.5) is 0 Å². The first-order valence-electron chi connectivity index (χ1n) is 12.6. The van der Waals surface area contributed by atoms with Crippen LogP contribution in [-0.2, 0) is 13.0 Å². The predicted molar refractivity (Wildman–Crippen MR) is 141 cm³/mol. The third-order valence-electron chi connectivity index (χ3n) is 6.40. The van der Waals surface area contributed by atoms with Crippen molar-refractivity contribution in [3.63, 3.8) is 0 Å². The van der Waals surface area contributed by atoms with Crippen LogP contribution in [0.3, 0.4) is 0 Å². The second-order valence-corrected chi connectivity index (χ2v) is 8.74. The Morgan fingerprint density at radius 2 is 1.57 bits per heavy atom. The zero-order valence-corrected chi connectivity index (χ0v) is 20.6. The lowest BCUT2D eigenvalue weighted by Gasteiger charge is -2.12. The molecule has 0 fully saturated rings. The minimum atomic E-state index is -0.0392. The fourth-order valence-electron chi connectivity index (χ4n) is 4.67. The van der Waals surface area contributed by atoms with Crippen molar-refractivity contribution < 1.29 is 4.74 Å². The quantitative estimate of drug-likeness (QED) is 0.254. The molecule has 0 unspecified atom stereocenters. The molecule has 0 aliphatic rings. The van der Waals surface area contributed by atoms with E-state index < -0.39 is 0 Å². The van der Waals surface area contributed by atoms with Gasteiger partial charge in [-0.25, -0.2) is 15.0 Å². The van der Waals surface area contributed by atoms with Crippen LogP contribution in [-0.4, -0.2) is 30.7 Å². The van der Waals surface area contributed by atoms with E-state index in [4.69, 9.17) is 19.7 Å². The summed E-state index contributed by atoms with van der Waals surface area (Å²) in [4.78, 5) is 28.8. The maximum Gasteiger partial charge on any atom is 0.265 e. The Bertz CT molecular complexity index is 1550. The van der Waals surface area contributed by atoms with Crippen molar-refractivity contribution in [3.05, 3.63) is 64.7 Å². The molecule has 0 saturated carbocycles. The molecule has 180 valence electrons. The maximum atomic E-state index is 13.9. The van der Waals surface area contributed by atoms with Crippen LogP contribution in [0.5, 0.6) is 5.75 Å². The number of fused-ring (bicyclic) bond motifs is 4. The zero-order chi connectivity index (χ0) is 24.4.